The van der Waals surface area contributed by atoms with Crippen LogP contribution in [0.25, 0.3) is 0 Å². The van der Waals surface area contributed by atoms with Gasteiger partial charge in [0.05, 0.1) is 22.7 Å². The predicted molar refractivity (Wildman–Crippen MR) is 52.3 cm³/mol. The molecule has 0 spiro atoms. The van der Waals surface area contributed by atoms with Crippen LogP contribution in [0.4, 0.5) is 22.0 Å². The molecule has 3 nitrogen and oxygen atoms in total. The van der Waals surface area contributed by atoms with Gasteiger partial charge in [-0.3, -0.25) is 4.79 Å². The molecule has 0 bridgehead atoms. The van der Waals surface area contributed by atoms with Gasteiger partial charge in [0, 0.05) is 0 Å². The van der Waals surface area contributed by atoms with Gasteiger partial charge in [-0.05, 0) is 6.07 Å². The van der Waals surface area contributed by atoms with Gasteiger partial charge < -0.3 is 5.73 Å². The number of alkyl halides is 6. The van der Waals surface area contributed by atoms with Gasteiger partial charge in [-0.15, -0.1) is 11.6 Å². The van der Waals surface area contributed by atoms with E-state index < -0.39 is 46.9 Å². The molecule has 0 atom stereocenters. The molecule has 1 heterocycles. The Hall–Kier alpha value is -1.44. The monoisotopic (exact) mass is 288 g/mol. The van der Waals surface area contributed by atoms with Gasteiger partial charge >= 0.3 is 6.18 Å². The van der Waals surface area contributed by atoms with E-state index in [1.54, 1.807) is 0 Å². The highest BCUT2D eigenvalue weighted by Gasteiger charge is 2.35. The van der Waals surface area contributed by atoms with Crippen LogP contribution in [-0.4, -0.2) is 10.9 Å². The fraction of sp³-hybridized carbons (Fsp3) is 0.333. The minimum atomic E-state index is -4.88. The Bertz CT molecular complexity index is 475. The molecule has 1 aromatic heterocycles. The summed E-state index contributed by atoms with van der Waals surface area (Å²) < 4.78 is 62.7. The van der Waals surface area contributed by atoms with Crippen LogP contribution in [0.3, 0.4) is 0 Å². The number of nitrogens with two attached hydrogens (primary N) is 1. The number of nitrogens with zero attached hydrogens (tertiary/aromatic N) is 1. The molecule has 0 saturated heterocycles. The minimum absolute atomic E-state index is 0.194. The van der Waals surface area contributed by atoms with E-state index in [2.05, 4.69) is 4.98 Å². The number of aromatic nitrogens is 1. The van der Waals surface area contributed by atoms with Gasteiger partial charge in [-0.2, -0.15) is 13.2 Å². The van der Waals surface area contributed by atoms with Crippen molar-refractivity contribution >= 4 is 17.5 Å². The third kappa shape index (κ3) is 2.87. The number of carbonyl (C=O) groups is 1. The van der Waals surface area contributed by atoms with Crippen LogP contribution in [0.2, 0.25) is 0 Å². The van der Waals surface area contributed by atoms with Crippen molar-refractivity contribution in [3.8, 4) is 0 Å². The van der Waals surface area contributed by atoms with Crippen molar-refractivity contribution in [2.45, 2.75) is 18.5 Å². The Morgan fingerprint density at radius 1 is 1.44 bits per heavy atom. The molecule has 0 aliphatic heterocycles. The Morgan fingerprint density at radius 2 is 2.00 bits per heavy atom. The molecule has 0 aromatic carbocycles. The van der Waals surface area contributed by atoms with Gasteiger partial charge in [0.25, 0.3) is 6.43 Å². The maximum Gasteiger partial charge on any atom is 0.433 e. The molecule has 9 heteroatoms. The molecular formula is C9H6ClF5N2O. The second-order valence-corrected chi connectivity index (χ2v) is 3.48. The summed E-state index contributed by atoms with van der Waals surface area (Å²) in [5.41, 5.74) is 0.681. The van der Waals surface area contributed by atoms with E-state index in [-0.39, 0.29) is 6.07 Å². The molecule has 0 aliphatic carbocycles. The molecule has 1 rings (SSSR count). The summed E-state index contributed by atoms with van der Waals surface area (Å²) in [4.78, 5) is 13.9. The van der Waals surface area contributed by atoms with E-state index in [0.29, 0.717) is 0 Å². The van der Waals surface area contributed by atoms with E-state index >= 15 is 0 Å². The molecule has 0 radical (unpaired) electrons. The third-order valence-electron chi connectivity index (χ3n) is 2.04. The SMILES string of the molecule is NC(=O)c1cc(C(F)(F)F)nc(CCl)c1C(F)F. The normalized spacial score (nSPS) is 11.9. The van der Waals surface area contributed by atoms with E-state index in [4.69, 9.17) is 17.3 Å². The minimum Gasteiger partial charge on any atom is -0.366 e. The van der Waals surface area contributed by atoms with Crippen molar-refractivity contribution in [1.82, 2.24) is 4.98 Å². The highest BCUT2D eigenvalue weighted by Crippen LogP contribution is 2.33. The molecule has 0 fully saturated rings. The summed E-state index contributed by atoms with van der Waals surface area (Å²) in [6, 6.07) is 0.194. The summed E-state index contributed by atoms with van der Waals surface area (Å²) in [5.74, 6) is -2.09. The van der Waals surface area contributed by atoms with E-state index in [0.717, 1.165) is 0 Å². The van der Waals surface area contributed by atoms with Gasteiger partial charge in [0.15, 0.2) is 0 Å². The average molecular weight is 289 g/mol. The van der Waals surface area contributed by atoms with Crippen LogP contribution in [0, 0.1) is 0 Å². The number of halogens is 6. The first-order chi connectivity index (χ1) is 8.18. The van der Waals surface area contributed by atoms with Crippen LogP contribution in [0.1, 0.15) is 33.7 Å². The van der Waals surface area contributed by atoms with Gasteiger partial charge in [-0.1, -0.05) is 0 Å². The van der Waals surface area contributed by atoms with Crippen LogP contribution < -0.4 is 5.73 Å². The number of primary amides is 1. The number of carbonyl (C=O) groups excluding carboxylic acids is 1. The Morgan fingerprint density at radius 3 is 2.33 bits per heavy atom. The van der Waals surface area contributed by atoms with Gasteiger partial charge in [0.2, 0.25) is 5.91 Å². The lowest BCUT2D eigenvalue weighted by atomic mass is 10.0. The first kappa shape index (κ1) is 14.6. The quantitative estimate of drug-likeness (QED) is 0.687. The van der Waals surface area contributed by atoms with E-state index in [1.165, 1.54) is 0 Å². The van der Waals surface area contributed by atoms with Crippen molar-refractivity contribution < 1.29 is 26.7 Å². The van der Waals surface area contributed by atoms with Gasteiger partial charge in [-0.25, -0.2) is 13.8 Å². The van der Waals surface area contributed by atoms with Crippen molar-refractivity contribution in [1.29, 1.82) is 0 Å². The second-order valence-electron chi connectivity index (χ2n) is 3.21. The highest BCUT2D eigenvalue weighted by atomic mass is 35.5. The average Bonchev–Trinajstić information content (AvgIpc) is 2.25. The lowest BCUT2D eigenvalue weighted by Gasteiger charge is -2.14. The standard InChI is InChI=1S/C9H6ClF5N2O/c10-2-4-6(7(11)12)3(8(16)18)1-5(17-4)9(13,14)15/h1,7H,2H2,(H2,16,18). The first-order valence-corrected chi connectivity index (χ1v) is 4.96. The summed E-state index contributed by atoms with van der Waals surface area (Å²) in [6.45, 7) is 0. The molecule has 100 valence electrons. The fourth-order valence-corrected chi connectivity index (χ4v) is 1.51. The second kappa shape index (κ2) is 5.05. The molecular weight excluding hydrogens is 283 g/mol. The lowest BCUT2D eigenvalue weighted by molar-refractivity contribution is -0.141. The molecule has 18 heavy (non-hydrogen) atoms. The third-order valence-corrected chi connectivity index (χ3v) is 2.29. The van der Waals surface area contributed by atoms with E-state index in [9.17, 15) is 26.7 Å². The first-order valence-electron chi connectivity index (χ1n) is 4.43. The number of rotatable bonds is 3. The lowest BCUT2D eigenvalue weighted by Crippen LogP contribution is -2.20. The smallest absolute Gasteiger partial charge is 0.366 e. The molecule has 0 aliphatic rings. The van der Waals surface area contributed by atoms with Gasteiger partial charge in [0.1, 0.15) is 5.69 Å². The maximum atomic E-state index is 12.7. The number of hydrogen-bond acceptors (Lipinski definition) is 2. The zero-order chi connectivity index (χ0) is 14.1. The van der Waals surface area contributed by atoms with Crippen molar-refractivity contribution in [3.05, 3.63) is 28.6 Å². The zero-order valence-corrected chi connectivity index (χ0v) is 9.32. The Labute approximate surface area is 103 Å². The number of hydrogen-bond donors (Lipinski definition) is 1. The summed E-state index contributed by atoms with van der Waals surface area (Å²) in [6.07, 6.45) is -8.08. The van der Waals surface area contributed by atoms with Crippen molar-refractivity contribution in [2.24, 2.45) is 5.73 Å². The molecule has 1 aromatic rings. The van der Waals surface area contributed by atoms with Crippen LogP contribution in [-0.2, 0) is 12.1 Å². The van der Waals surface area contributed by atoms with E-state index in [1.807, 2.05) is 0 Å². The predicted octanol–water partition coefficient (Wildman–Crippen LogP) is 2.88. The van der Waals surface area contributed by atoms with Crippen LogP contribution in [0.5, 0.6) is 0 Å². The molecule has 0 saturated carbocycles. The Balaban J connectivity index is 3.59. The molecule has 2 N–H and O–H groups in total. The van der Waals surface area contributed by atoms with Crippen LogP contribution >= 0.6 is 11.6 Å². The number of pyridine rings is 1. The maximum absolute atomic E-state index is 12.7. The highest BCUT2D eigenvalue weighted by molar-refractivity contribution is 6.17. The fourth-order valence-electron chi connectivity index (χ4n) is 1.30. The van der Waals surface area contributed by atoms with Crippen molar-refractivity contribution in [2.75, 3.05) is 0 Å². The molecule has 0 unspecified atom stereocenters. The summed E-state index contributed by atoms with van der Waals surface area (Å²) in [7, 11) is 0. The molecule has 1 amide bonds. The number of amides is 1. The Kier molecular flexibility index (Phi) is 4.10. The van der Waals surface area contributed by atoms with Crippen LogP contribution in [0.15, 0.2) is 6.07 Å². The zero-order valence-electron chi connectivity index (χ0n) is 8.56. The van der Waals surface area contributed by atoms with Crippen molar-refractivity contribution in [3.63, 3.8) is 0 Å². The summed E-state index contributed by atoms with van der Waals surface area (Å²) in [5, 5.41) is 0. The topological polar surface area (TPSA) is 56.0 Å². The summed E-state index contributed by atoms with van der Waals surface area (Å²) >= 11 is 5.26. The largest absolute Gasteiger partial charge is 0.433 e.